The Balaban J connectivity index is 1.25. The van der Waals surface area contributed by atoms with Crippen LogP contribution in [0.5, 0.6) is 0 Å². The fraction of sp³-hybridized carbons (Fsp3) is 0.340. The van der Waals surface area contributed by atoms with Crippen molar-refractivity contribution in [3.63, 3.8) is 0 Å². The smallest absolute Gasteiger partial charge is 0.338 e. The van der Waals surface area contributed by atoms with Gasteiger partial charge in [0.15, 0.2) is 5.79 Å². The van der Waals surface area contributed by atoms with E-state index in [1.165, 1.54) is 24.3 Å². The van der Waals surface area contributed by atoms with Crippen LogP contribution in [0.1, 0.15) is 46.5 Å². The van der Waals surface area contributed by atoms with Gasteiger partial charge in [0.05, 0.1) is 61.8 Å². The molecule has 0 unspecified atom stereocenters. The number of nitrogens with zero attached hydrogens (tertiary/aromatic N) is 1. The lowest BCUT2D eigenvalue weighted by atomic mass is 9.61. The second kappa shape index (κ2) is 19.5. The average molecular weight is 826 g/mol. The molecule has 1 heterocycles. The van der Waals surface area contributed by atoms with E-state index < -0.39 is 59.0 Å². The maximum atomic E-state index is 14.1. The molecule has 1 saturated heterocycles. The topological polar surface area (TPSA) is 125 Å². The summed E-state index contributed by atoms with van der Waals surface area (Å²) in [6.45, 7) is 5.20. The molecule has 8 rings (SSSR count). The van der Waals surface area contributed by atoms with Crippen molar-refractivity contribution >= 4 is 11.7 Å². The zero-order valence-corrected chi connectivity index (χ0v) is 34.3. The lowest BCUT2D eigenvalue weighted by molar-refractivity contribution is -0.384. The number of carbonyl (C=O) groups excluding carboxylic acids is 1. The van der Waals surface area contributed by atoms with Crippen LogP contribution in [0.3, 0.4) is 0 Å². The van der Waals surface area contributed by atoms with Crippen LogP contribution in [0.25, 0.3) is 0 Å². The van der Waals surface area contributed by atoms with Crippen molar-refractivity contribution in [2.24, 2.45) is 17.8 Å². The Hall–Kier alpha value is -5.53. The van der Waals surface area contributed by atoms with Crippen LogP contribution in [0.4, 0.5) is 5.69 Å². The molecule has 316 valence electrons. The Labute approximate surface area is 356 Å². The number of nitro benzene ring substituents is 1. The molecular weight excluding hydrogens is 775 g/mol. The summed E-state index contributed by atoms with van der Waals surface area (Å²) in [6, 6.07) is 45.3. The first-order valence-electron chi connectivity index (χ1n) is 20.8. The fourth-order valence-corrected chi connectivity index (χ4v) is 8.79. The molecular formula is C50H51NO10. The number of rotatable bonds is 16. The number of ether oxygens (including phenoxy) is 7. The number of fused-ring (bicyclic) bond motifs is 1. The summed E-state index contributed by atoms with van der Waals surface area (Å²) in [5.41, 5.74) is 3.95. The van der Waals surface area contributed by atoms with Crippen LogP contribution in [-0.4, -0.2) is 59.9 Å². The Morgan fingerprint density at radius 1 is 0.607 bits per heavy atom. The second-order valence-electron chi connectivity index (χ2n) is 16.2. The van der Waals surface area contributed by atoms with Gasteiger partial charge in [0, 0.05) is 29.9 Å². The lowest BCUT2D eigenvalue weighted by Crippen LogP contribution is -2.67. The average Bonchev–Trinajstić information content (AvgIpc) is 3.66. The molecule has 0 bridgehead atoms. The van der Waals surface area contributed by atoms with Crippen molar-refractivity contribution in [1.29, 1.82) is 0 Å². The van der Waals surface area contributed by atoms with Crippen LogP contribution in [0.2, 0.25) is 0 Å². The van der Waals surface area contributed by atoms with Gasteiger partial charge in [-0.2, -0.15) is 0 Å². The molecule has 0 amide bonds. The van der Waals surface area contributed by atoms with Gasteiger partial charge in [0.1, 0.15) is 18.3 Å². The van der Waals surface area contributed by atoms with Gasteiger partial charge < -0.3 is 33.2 Å². The second-order valence-corrected chi connectivity index (χ2v) is 16.2. The predicted molar refractivity (Wildman–Crippen MR) is 227 cm³/mol. The SMILES string of the molecule is CC1(C)OC[C@H]([C@H]2C=C[C@H](OC(=O)c3ccc([N+](=O)[O-])cc3)[C@@H]3[C@@H](OCc4ccccc4)[C@H](OCc4ccccc4)[C@@H](OCc4ccccc4)[C@H](OCc4ccccc4)[C@H]23)O1. The van der Waals surface area contributed by atoms with Gasteiger partial charge in [-0.1, -0.05) is 127 Å². The molecule has 1 saturated carbocycles. The van der Waals surface area contributed by atoms with Crippen LogP contribution >= 0.6 is 0 Å². The van der Waals surface area contributed by atoms with Crippen LogP contribution < -0.4 is 0 Å². The molecule has 11 heteroatoms. The minimum absolute atomic E-state index is 0.126. The predicted octanol–water partition coefficient (Wildman–Crippen LogP) is 9.05. The van der Waals surface area contributed by atoms with E-state index in [9.17, 15) is 14.9 Å². The van der Waals surface area contributed by atoms with E-state index in [0.29, 0.717) is 6.61 Å². The maximum absolute atomic E-state index is 14.1. The highest BCUT2D eigenvalue weighted by atomic mass is 16.7. The summed E-state index contributed by atoms with van der Waals surface area (Å²) in [6.07, 6.45) is 0.0233. The van der Waals surface area contributed by atoms with Crippen LogP contribution in [0.15, 0.2) is 158 Å². The van der Waals surface area contributed by atoms with E-state index in [-0.39, 0.29) is 49.7 Å². The van der Waals surface area contributed by atoms with Crippen LogP contribution in [0, 0.1) is 27.9 Å². The standard InChI is InChI=1S/C50H51NO10/c1-50(2)59-33-42(61-50)40-27-28-41(60-49(52)38-23-25-39(26-24-38)51(53)54)44-43(40)45(55-29-34-15-7-3-8-16-34)47(57-31-36-19-11-5-12-20-36)48(58-32-37-21-13-6-14-22-37)46(44)56-30-35-17-9-4-10-18-35/h3-28,40-48H,29-33H2,1-2H3/t40-,41+,42-,43-,44+,45-,46-,47+,48+/m1/s1. The zero-order valence-electron chi connectivity index (χ0n) is 34.3. The van der Waals surface area contributed by atoms with E-state index in [1.807, 2.05) is 141 Å². The molecule has 5 aromatic rings. The minimum atomic E-state index is -0.833. The van der Waals surface area contributed by atoms with Gasteiger partial charge in [0.2, 0.25) is 0 Å². The third-order valence-corrected chi connectivity index (χ3v) is 11.7. The van der Waals surface area contributed by atoms with Crippen molar-refractivity contribution in [1.82, 2.24) is 0 Å². The molecule has 2 fully saturated rings. The Kier molecular flexibility index (Phi) is 13.5. The van der Waals surface area contributed by atoms with E-state index in [1.54, 1.807) is 0 Å². The maximum Gasteiger partial charge on any atom is 0.338 e. The molecule has 3 aliphatic rings. The molecule has 61 heavy (non-hydrogen) atoms. The quantitative estimate of drug-likeness (QED) is 0.0412. The number of nitro groups is 1. The van der Waals surface area contributed by atoms with Gasteiger partial charge in [0.25, 0.3) is 5.69 Å². The van der Waals surface area contributed by atoms with Gasteiger partial charge in [-0.05, 0) is 54.3 Å². The first-order chi connectivity index (χ1) is 29.7. The molecule has 9 atom stereocenters. The Morgan fingerprint density at radius 2 is 1.03 bits per heavy atom. The lowest BCUT2D eigenvalue weighted by Gasteiger charge is -2.55. The van der Waals surface area contributed by atoms with E-state index in [2.05, 4.69) is 6.08 Å². The van der Waals surface area contributed by atoms with Crippen molar-refractivity contribution in [3.05, 3.63) is 196 Å². The number of hydrogen-bond donors (Lipinski definition) is 0. The Bertz CT molecular complexity index is 2200. The summed E-state index contributed by atoms with van der Waals surface area (Å²) in [5, 5.41) is 11.5. The number of esters is 1. The molecule has 5 aromatic carbocycles. The summed E-state index contributed by atoms with van der Waals surface area (Å²) >= 11 is 0. The first kappa shape index (κ1) is 42.2. The number of carbonyl (C=O) groups is 1. The molecule has 0 radical (unpaired) electrons. The summed E-state index contributed by atoms with van der Waals surface area (Å²) in [7, 11) is 0. The van der Waals surface area contributed by atoms with Gasteiger partial charge in [-0.15, -0.1) is 0 Å². The highest BCUT2D eigenvalue weighted by molar-refractivity contribution is 5.89. The van der Waals surface area contributed by atoms with E-state index in [0.717, 1.165) is 22.3 Å². The highest BCUT2D eigenvalue weighted by Gasteiger charge is 2.61. The Morgan fingerprint density at radius 3 is 1.44 bits per heavy atom. The number of benzene rings is 5. The summed E-state index contributed by atoms with van der Waals surface area (Å²) < 4.78 is 47.7. The first-order valence-corrected chi connectivity index (χ1v) is 20.8. The van der Waals surface area contributed by atoms with E-state index >= 15 is 0 Å². The molecule has 1 aliphatic heterocycles. The number of hydrogen-bond acceptors (Lipinski definition) is 10. The molecule has 0 N–H and O–H groups in total. The fourth-order valence-electron chi connectivity index (χ4n) is 8.79. The normalized spacial score (nSPS) is 26.6. The molecule has 0 aromatic heterocycles. The molecule has 2 aliphatic carbocycles. The van der Waals surface area contributed by atoms with Gasteiger partial charge in [-0.25, -0.2) is 4.79 Å². The third kappa shape index (κ3) is 10.3. The number of non-ortho nitro benzene ring substituents is 1. The monoisotopic (exact) mass is 825 g/mol. The summed E-state index contributed by atoms with van der Waals surface area (Å²) in [4.78, 5) is 25.0. The van der Waals surface area contributed by atoms with Crippen molar-refractivity contribution in [3.8, 4) is 0 Å². The van der Waals surface area contributed by atoms with Gasteiger partial charge >= 0.3 is 5.97 Å². The summed E-state index contributed by atoms with van der Waals surface area (Å²) in [5.74, 6) is -2.70. The molecule has 0 spiro atoms. The largest absolute Gasteiger partial charge is 0.454 e. The molecule has 11 nitrogen and oxygen atoms in total. The zero-order chi connectivity index (χ0) is 42.2. The third-order valence-electron chi connectivity index (χ3n) is 11.7. The van der Waals surface area contributed by atoms with Crippen molar-refractivity contribution in [2.75, 3.05) is 6.61 Å². The van der Waals surface area contributed by atoms with Gasteiger partial charge in [-0.3, -0.25) is 10.1 Å². The minimum Gasteiger partial charge on any atom is -0.454 e. The van der Waals surface area contributed by atoms with E-state index in [4.69, 9.17) is 33.2 Å². The van der Waals surface area contributed by atoms with Crippen LogP contribution in [-0.2, 0) is 59.6 Å². The highest BCUT2D eigenvalue weighted by Crippen LogP contribution is 2.50. The van der Waals surface area contributed by atoms with Crippen molar-refractivity contribution < 1.29 is 42.9 Å². The van der Waals surface area contributed by atoms with Crippen molar-refractivity contribution in [2.45, 2.75) is 82.7 Å².